The van der Waals surface area contributed by atoms with Crippen molar-refractivity contribution in [3.05, 3.63) is 12.2 Å². The fourth-order valence-electron chi connectivity index (χ4n) is 4.77. The fraction of sp³-hybridized carbons (Fsp3) is 0.737. The Bertz CT molecular complexity index is 550. The molecule has 0 aromatic carbocycles. The average Bonchev–Trinajstić information content (AvgIpc) is 2.82. The number of ether oxygens (including phenoxy) is 2. The molecular weight excluding hydrogens is 308 g/mol. The Morgan fingerprint density at radius 1 is 1.33 bits per heavy atom. The topological polar surface area (TPSA) is 69.7 Å². The molecule has 0 heterocycles. The Hall–Kier alpha value is -1.65. The van der Waals surface area contributed by atoms with Gasteiger partial charge >= 0.3 is 11.9 Å². The van der Waals surface area contributed by atoms with Crippen LogP contribution in [0.4, 0.5) is 0 Å². The predicted molar refractivity (Wildman–Crippen MR) is 89.1 cm³/mol. The van der Waals surface area contributed by atoms with Gasteiger partial charge in [0.15, 0.2) is 5.78 Å². The largest absolute Gasteiger partial charge is 0.466 e. The lowest BCUT2D eigenvalue weighted by Crippen LogP contribution is -2.48. The van der Waals surface area contributed by atoms with Crippen LogP contribution in [0.3, 0.4) is 0 Å². The van der Waals surface area contributed by atoms with Crippen molar-refractivity contribution in [2.75, 3.05) is 6.61 Å². The second kappa shape index (κ2) is 7.08. The summed E-state index contributed by atoms with van der Waals surface area (Å²) in [7, 11) is 0. The third kappa shape index (κ3) is 3.26. The molecule has 0 aromatic heterocycles. The van der Waals surface area contributed by atoms with E-state index < -0.39 is 17.5 Å². The van der Waals surface area contributed by atoms with Gasteiger partial charge in [-0.05, 0) is 43.4 Å². The second-order valence-electron chi connectivity index (χ2n) is 7.39. The predicted octanol–water partition coefficient (Wildman–Crippen LogP) is 3.07. The Morgan fingerprint density at radius 2 is 2.00 bits per heavy atom. The first-order valence-corrected chi connectivity index (χ1v) is 8.78. The van der Waals surface area contributed by atoms with Crippen molar-refractivity contribution in [3.63, 3.8) is 0 Å². The number of hydrogen-bond acceptors (Lipinski definition) is 5. The number of hydrogen-bond donors (Lipinski definition) is 0. The Kier molecular flexibility index (Phi) is 5.51. The van der Waals surface area contributed by atoms with Gasteiger partial charge in [-0.25, -0.2) is 0 Å². The lowest BCUT2D eigenvalue weighted by atomic mass is 9.59. The monoisotopic (exact) mass is 336 g/mol. The molecule has 5 heteroatoms. The summed E-state index contributed by atoms with van der Waals surface area (Å²) in [6.45, 7) is 11.5. The molecule has 0 radical (unpaired) electrons. The normalized spacial score (nSPS) is 33.1. The molecule has 1 spiro atoms. The van der Waals surface area contributed by atoms with Gasteiger partial charge in [-0.2, -0.15) is 0 Å². The van der Waals surface area contributed by atoms with E-state index in [9.17, 15) is 14.4 Å². The minimum Gasteiger partial charge on any atom is -0.466 e. The van der Waals surface area contributed by atoms with Gasteiger partial charge in [0, 0.05) is 18.9 Å². The van der Waals surface area contributed by atoms with Crippen molar-refractivity contribution in [2.24, 2.45) is 23.2 Å². The number of Topliss-reactive ketones (excluding diaryl/α,β-unsaturated/α-hetero) is 1. The van der Waals surface area contributed by atoms with E-state index in [1.165, 1.54) is 6.92 Å². The third-order valence-electron chi connectivity index (χ3n) is 5.68. The van der Waals surface area contributed by atoms with Crippen molar-refractivity contribution in [3.8, 4) is 0 Å². The van der Waals surface area contributed by atoms with Crippen LogP contribution in [0.1, 0.15) is 53.4 Å². The maximum atomic E-state index is 12.6. The lowest BCUT2D eigenvalue weighted by Gasteiger charge is -2.46. The molecule has 2 fully saturated rings. The highest BCUT2D eigenvalue weighted by atomic mass is 16.5. The van der Waals surface area contributed by atoms with Crippen LogP contribution in [0.25, 0.3) is 0 Å². The van der Waals surface area contributed by atoms with Crippen LogP contribution in [-0.4, -0.2) is 30.4 Å². The van der Waals surface area contributed by atoms with Gasteiger partial charge in [0.05, 0.1) is 12.5 Å². The zero-order valence-electron chi connectivity index (χ0n) is 15.1. The summed E-state index contributed by atoms with van der Waals surface area (Å²) in [5.74, 6) is -0.529. The quantitative estimate of drug-likeness (QED) is 0.583. The van der Waals surface area contributed by atoms with Crippen LogP contribution >= 0.6 is 0 Å². The molecule has 5 nitrogen and oxygen atoms in total. The Morgan fingerprint density at radius 3 is 2.54 bits per heavy atom. The summed E-state index contributed by atoms with van der Waals surface area (Å²) < 4.78 is 10.6. The first-order chi connectivity index (χ1) is 11.2. The molecule has 0 saturated heterocycles. The number of esters is 2. The molecular formula is C19H28O5. The smallest absolute Gasteiger partial charge is 0.309 e. The summed E-state index contributed by atoms with van der Waals surface area (Å²) in [4.78, 5) is 36.6. The standard InChI is InChI=1S/C19H28O5/c1-6-23-18(22)15-8-7-14(11(2)3)19(15)9-16(21)12(4)17(10-19)24-13(5)20/h11,14-15,17H,4,6-10H2,1-3,5H3/t14-,15+,17-,19+/m0/s1. The second-order valence-corrected chi connectivity index (χ2v) is 7.39. The Labute approximate surface area is 143 Å². The van der Waals surface area contributed by atoms with Crippen LogP contribution < -0.4 is 0 Å². The zero-order valence-corrected chi connectivity index (χ0v) is 15.1. The number of carbonyl (C=O) groups excluding carboxylic acids is 3. The van der Waals surface area contributed by atoms with Gasteiger partial charge in [-0.1, -0.05) is 20.4 Å². The maximum Gasteiger partial charge on any atom is 0.309 e. The van der Waals surface area contributed by atoms with Crippen molar-refractivity contribution in [2.45, 2.75) is 59.5 Å². The molecule has 2 saturated carbocycles. The third-order valence-corrected chi connectivity index (χ3v) is 5.68. The summed E-state index contributed by atoms with van der Waals surface area (Å²) in [5, 5.41) is 0. The van der Waals surface area contributed by atoms with Crippen molar-refractivity contribution < 1.29 is 23.9 Å². The number of carbonyl (C=O) groups is 3. The molecule has 0 amide bonds. The summed E-state index contributed by atoms with van der Waals surface area (Å²) in [5.41, 5.74) is -0.161. The molecule has 4 atom stereocenters. The highest BCUT2D eigenvalue weighted by molar-refractivity contribution is 5.98. The van der Waals surface area contributed by atoms with E-state index in [4.69, 9.17) is 9.47 Å². The van der Waals surface area contributed by atoms with E-state index >= 15 is 0 Å². The van der Waals surface area contributed by atoms with E-state index in [2.05, 4.69) is 20.4 Å². The van der Waals surface area contributed by atoms with Gasteiger partial charge < -0.3 is 9.47 Å². The molecule has 0 bridgehead atoms. The molecule has 2 aliphatic carbocycles. The molecule has 134 valence electrons. The van der Waals surface area contributed by atoms with E-state index in [1.54, 1.807) is 6.92 Å². The van der Waals surface area contributed by atoms with Gasteiger partial charge in [0.2, 0.25) is 0 Å². The van der Waals surface area contributed by atoms with E-state index in [0.29, 0.717) is 30.9 Å². The summed E-state index contributed by atoms with van der Waals surface area (Å²) in [6.07, 6.45) is 1.72. The van der Waals surface area contributed by atoms with Crippen LogP contribution in [0.15, 0.2) is 12.2 Å². The van der Waals surface area contributed by atoms with Gasteiger partial charge in [-0.15, -0.1) is 0 Å². The van der Waals surface area contributed by atoms with Crippen molar-refractivity contribution in [1.29, 1.82) is 0 Å². The minimum atomic E-state index is -0.639. The molecule has 0 aromatic rings. The molecule has 2 rings (SSSR count). The maximum absolute atomic E-state index is 12.6. The highest BCUT2D eigenvalue weighted by Gasteiger charge is 2.58. The SMILES string of the molecule is C=C1C(=O)C[C@]2(C[C@@H]1OC(C)=O)[C@@H](C(=O)OCC)CC[C@H]2C(C)C. The summed E-state index contributed by atoms with van der Waals surface area (Å²) >= 11 is 0. The minimum absolute atomic E-state index is 0.102. The molecule has 0 unspecified atom stereocenters. The average molecular weight is 336 g/mol. The zero-order chi connectivity index (χ0) is 18.1. The number of ketones is 1. The van der Waals surface area contributed by atoms with Crippen molar-refractivity contribution in [1.82, 2.24) is 0 Å². The molecule has 24 heavy (non-hydrogen) atoms. The van der Waals surface area contributed by atoms with Crippen LogP contribution in [0, 0.1) is 23.2 Å². The first kappa shape index (κ1) is 18.7. The van der Waals surface area contributed by atoms with Gasteiger partial charge in [0.1, 0.15) is 6.10 Å². The van der Waals surface area contributed by atoms with Crippen LogP contribution in [0.5, 0.6) is 0 Å². The lowest BCUT2D eigenvalue weighted by molar-refractivity contribution is -0.158. The van der Waals surface area contributed by atoms with E-state index in [0.717, 1.165) is 6.42 Å². The highest BCUT2D eigenvalue weighted by Crippen LogP contribution is 2.59. The Balaban J connectivity index is 2.41. The van der Waals surface area contributed by atoms with Crippen LogP contribution in [0.2, 0.25) is 0 Å². The fourth-order valence-corrected chi connectivity index (χ4v) is 4.77. The van der Waals surface area contributed by atoms with Gasteiger partial charge in [0.25, 0.3) is 0 Å². The molecule has 0 aliphatic heterocycles. The first-order valence-electron chi connectivity index (χ1n) is 8.78. The molecule has 2 aliphatic rings. The summed E-state index contributed by atoms with van der Waals surface area (Å²) in [6, 6.07) is 0. The van der Waals surface area contributed by atoms with E-state index in [1.807, 2.05) is 0 Å². The molecule has 0 N–H and O–H groups in total. The van der Waals surface area contributed by atoms with E-state index in [-0.39, 0.29) is 30.0 Å². The van der Waals surface area contributed by atoms with Gasteiger partial charge in [-0.3, -0.25) is 14.4 Å². The van der Waals surface area contributed by atoms with Crippen LogP contribution in [-0.2, 0) is 23.9 Å². The number of rotatable bonds is 4. The van der Waals surface area contributed by atoms with Crippen molar-refractivity contribution >= 4 is 17.7 Å².